The molecule has 0 radical (unpaired) electrons. The molecule has 15 heavy (non-hydrogen) atoms. The lowest BCUT2D eigenvalue weighted by Crippen LogP contribution is -2.23. The van der Waals surface area contributed by atoms with Gasteiger partial charge >= 0.3 is 5.51 Å². The molecule has 2 N–H and O–H groups in total. The van der Waals surface area contributed by atoms with Crippen LogP contribution in [0, 0.1) is 0 Å². The SMILES string of the molecule is O=S(=O)(c1cccc(NO)c1)C(F)(F)F. The Morgan fingerprint density at radius 3 is 2.33 bits per heavy atom. The van der Waals surface area contributed by atoms with Crippen LogP contribution in [0.3, 0.4) is 0 Å². The van der Waals surface area contributed by atoms with Crippen molar-refractivity contribution in [3.05, 3.63) is 24.3 Å². The van der Waals surface area contributed by atoms with E-state index in [0.717, 1.165) is 12.1 Å². The zero-order valence-corrected chi connectivity index (χ0v) is 7.93. The fraction of sp³-hybridized carbons (Fsp3) is 0.143. The van der Waals surface area contributed by atoms with Crippen molar-refractivity contribution >= 4 is 15.5 Å². The van der Waals surface area contributed by atoms with E-state index in [0.29, 0.717) is 6.07 Å². The molecule has 0 aliphatic rings. The summed E-state index contributed by atoms with van der Waals surface area (Å²) >= 11 is 0. The molecule has 4 nitrogen and oxygen atoms in total. The first-order chi connectivity index (χ1) is 6.79. The Morgan fingerprint density at radius 2 is 1.87 bits per heavy atom. The minimum Gasteiger partial charge on any atom is -0.291 e. The molecule has 0 atom stereocenters. The van der Waals surface area contributed by atoms with Crippen LogP contribution in [-0.2, 0) is 9.84 Å². The molecule has 0 aliphatic heterocycles. The number of hydrogen-bond acceptors (Lipinski definition) is 4. The molecule has 0 saturated carbocycles. The number of nitrogens with one attached hydrogen (secondary N) is 1. The van der Waals surface area contributed by atoms with Gasteiger partial charge in [0.15, 0.2) is 0 Å². The molecule has 0 heterocycles. The van der Waals surface area contributed by atoms with Gasteiger partial charge in [0.25, 0.3) is 9.84 Å². The van der Waals surface area contributed by atoms with E-state index >= 15 is 0 Å². The summed E-state index contributed by atoms with van der Waals surface area (Å²) in [4.78, 5) is -0.922. The first-order valence-electron chi connectivity index (χ1n) is 3.60. The van der Waals surface area contributed by atoms with Crippen molar-refractivity contribution in [2.24, 2.45) is 0 Å². The molecule has 0 unspecified atom stereocenters. The minimum atomic E-state index is -5.36. The van der Waals surface area contributed by atoms with Crippen LogP contribution in [0.15, 0.2) is 29.2 Å². The molecule has 0 amide bonds. The van der Waals surface area contributed by atoms with E-state index in [1.54, 1.807) is 5.48 Å². The van der Waals surface area contributed by atoms with Crippen LogP contribution in [0.1, 0.15) is 0 Å². The summed E-state index contributed by atoms with van der Waals surface area (Å²) in [6.07, 6.45) is 0. The van der Waals surface area contributed by atoms with Crippen LogP contribution in [0.5, 0.6) is 0 Å². The average Bonchev–Trinajstić information content (AvgIpc) is 2.16. The fourth-order valence-corrected chi connectivity index (χ4v) is 1.67. The van der Waals surface area contributed by atoms with Gasteiger partial charge in [0.05, 0.1) is 10.6 Å². The van der Waals surface area contributed by atoms with Crippen molar-refractivity contribution in [3.63, 3.8) is 0 Å². The van der Waals surface area contributed by atoms with Gasteiger partial charge in [-0.25, -0.2) is 8.42 Å². The third-order valence-corrected chi connectivity index (χ3v) is 3.06. The maximum absolute atomic E-state index is 12.1. The standard InChI is InChI=1S/C7H6F3NO3S/c8-7(9,10)15(13,14)6-3-1-2-5(4-6)11-12/h1-4,11-12H. The van der Waals surface area contributed by atoms with Gasteiger partial charge in [-0.05, 0) is 18.2 Å². The van der Waals surface area contributed by atoms with E-state index in [1.165, 1.54) is 6.07 Å². The monoisotopic (exact) mass is 241 g/mol. The molecule has 0 saturated heterocycles. The molecule has 1 rings (SSSR count). The van der Waals surface area contributed by atoms with Gasteiger partial charge < -0.3 is 0 Å². The zero-order chi connectivity index (χ0) is 11.7. The first kappa shape index (κ1) is 11.8. The van der Waals surface area contributed by atoms with Gasteiger partial charge in [0.2, 0.25) is 0 Å². The topological polar surface area (TPSA) is 66.4 Å². The number of rotatable bonds is 2. The summed E-state index contributed by atoms with van der Waals surface area (Å²) in [5.41, 5.74) is -3.93. The second kappa shape index (κ2) is 3.70. The molecule has 0 bridgehead atoms. The number of hydrogen-bond donors (Lipinski definition) is 2. The van der Waals surface area contributed by atoms with Crippen molar-refractivity contribution in [1.82, 2.24) is 0 Å². The fourth-order valence-electron chi connectivity index (χ4n) is 0.866. The highest BCUT2D eigenvalue weighted by molar-refractivity contribution is 7.92. The maximum atomic E-state index is 12.1. The van der Waals surface area contributed by atoms with Crippen molar-refractivity contribution in [2.45, 2.75) is 10.4 Å². The Morgan fingerprint density at radius 1 is 1.27 bits per heavy atom. The summed E-state index contributed by atoms with van der Waals surface area (Å²) < 4.78 is 58.0. The molecular weight excluding hydrogens is 235 g/mol. The average molecular weight is 241 g/mol. The van der Waals surface area contributed by atoms with Gasteiger partial charge in [-0.3, -0.25) is 10.7 Å². The molecule has 8 heteroatoms. The van der Waals surface area contributed by atoms with Gasteiger partial charge in [0, 0.05) is 0 Å². The quantitative estimate of drug-likeness (QED) is 0.774. The maximum Gasteiger partial charge on any atom is 0.501 e. The Bertz CT molecular complexity index is 455. The first-order valence-corrected chi connectivity index (χ1v) is 5.09. The van der Waals surface area contributed by atoms with E-state index in [4.69, 9.17) is 5.21 Å². The lowest BCUT2D eigenvalue weighted by Gasteiger charge is -2.08. The number of anilines is 1. The van der Waals surface area contributed by atoms with E-state index in [9.17, 15) is 21.6 Å². The van der Waals surface area contributed by atoms with Crippen molar-refractivity contribution in [2.75, 3.05) is 5.48 Å². The molecular formula is C7H6F3NO3S. The van der Waals surface area contributed by atoms with Crippen molar-refractivity contribution < 1.29 is 26.8 Å². The van der Waals surface area contributed by atoms with Crippen molar-refractivity contribution in [1.29, 1.82) is 0 Å². The third kappa shape index (κ3) is 2.21. The van der Waals surface area contributed by atoms with Gasteiger partial charge in [-0.1, -0.05) is 6.07 Å². The van der Waals surface area contributed by atoms with Crippen LogP contribution in [-0.4, -0.2) is 19.1 Å². The van der Waals surface area contributed by atoms with Crippen LogP contribution in [0.2, 0.25) is 0 Å². The molecule has 0 aromatic heterocycles. The van der Waals surface area contributed by atoms with E-state index in [-0.39, 0.29) is 5.69 Å². The molecule has 0 spiro atoms. The van der Waals surface area contributed by atoms with Crippen LogP contribution < -0.4 is 5.48 Å². The summed E-state index contributed by atoms with van der Waals surface area (Å²) in [5, 5.41) is 8.40. The summed E-state index contributed by atoms with van der Waals surface area (Å²) in [5.74, 6) is 0. The van der Waals surface area contributed by atoms with E-state index < -0.39 is 20.2 Å². The molecule has 84 valence electrons. The lowest BCUT2D eigenvalue weighted by atomic mass is 10.3. The number of sulfone groups is 1. The highest BCUT2D eigenvalue weighted by Crippen LogP contribution is 2.30. The van der Waals surface area contributed by atoms with Gasteiger partial charge in [0.1, 0.15) is 0 Å². The van der Waals surface area contributed by atoms with E-state index in [1.807, 2.05) is 0 Å². The van der Waals surface area contributed by atoms with Gasteiger partial charge in [-0.2, -0.15) is 13.2 Å². The predicted molar refractivity (Wildman–Crippen MR) is 45.1 cm³/mol. The highest BCUT2D eigenvalue weighted by Gasteiger charge is 2.46. The second-order valence-corrected chi connectivity index (χ2v) is 4.53. The normalized spacial score (nSPS) is 12.5. The number of benzene rings is 1. The molecule has 0 aliphatic carbocycles. The Hall–Kier alpha value is -1.28. The predicted octanol–water partition coefficient (Wildman–Crippen LogP) is 1.78. The molecule has 1 aromatic carbocycles. The zero-order valence-electron chi connectivity index (χ0n) is 7.12. The Labute approximate surface area is 83.2 Å². The highest BCUT2D eigenvalue weighted by atomic mass is 32.2. The molecule has 0 fully saturated rings. The van der Waals surface area contributed by atoms with Gasteiger partial charge in [-0.15, -0.1) is 0 Å². The van der Waals surface area contributed by atoms with Crippen molar-refractivity contribution in [3.8, 4) is 0 Å². The number of alkyl halides is 3. The van der Waals surface area contributed by atoms with Crippen LogP contribution in [0.4, 0.5) is 18.9 Å². The number of halogens is 3. The Kier molecular flexibility index (Phi) is 2.91. The minimum absolute atomic E-state index is 0.139. The summed E-state index contributed by atoms with van der Waals surface area (Å²) in [6.45, 7) is 0. The molecule has 1 aromatic rings. The smallest absolute Gasteiger partial charge is 0.291 e. The Balaban J connectivity index is 3.29. The van der Waals surface area contributed by atoms with E-state index in [2.05, 4.69) is 0 Å². The lowest BCUT2D eigenvalue weighted by molar-refractivity contribution is -0.0436. The van der Waals surface area contributed by atoms with Crippen LogP contribution >= 0.6 is 0 Å². The second-order valence-electron chi connectivity index (χ2n) is 2.59. The summed E-state index contributed by atoms with van der Waals surface area (Å²) in [7, 11) is -5.36. The summed E-state index contributed by atoms with van der Waals surface area (Å²) in [6, 6.07) is 3.78. The third-order valence-electron chi connectivity index (χ3n) is 1.58. The van der Waals surface area contributed by atoms with Crippen LogP contribution in [0.25, 0.3) is 0 Å². The largest absolute Gasteiger partial charge is 0.501 e.